The van der Waals surface area contributed by atoms with E-state index in [9.17, 15) is 0 Å². The van der Waals surface area contributed by atoms with Gasteiger partial charge in [-0.2, -0.15) is 0 Å². The average molecular weight is 387 g/mol. The van der Waals surface area contributed by atoms with Gasteiger partial charge in [-0.1, -0.05) is 49.6 Å². The molecule has 2 heterocycles. The molecule has 1 spiro atoms. The fourth-order valence-electron chi connectivity index (χ4n) is 4.97. The Balaban J connectivity index is 1.61. The third-order valence-electron chi connectivity index (χ3n) is 6.34. The smallest absolute Gasteiger partial charge is 0.214 e. The SMILES string of the molecule is [C-]#[N+]/C=C1\N2c3ccc(OC)cc3N(Cc3ccccc3)C2OC12CCCCC2. The summed E-state index contributed by atoms with van der Waals surface area (Å²) in [6.07, 6.45) is 6.93. The number of anilines is 2. The zero-order valence-corrected chi connectivity index (χ0v) is 16.7. The summed E-state index contributed by atoms with van der Waals surface area (Å²) in [5.41, 5.74) is 4.06. The quantitative estimate of drug-likeness (QED) is 0.669. The zero-order chi connectivity index (χ0) is 19.8. The molecule has 3 aliphatic rings. The van der Waals surface area contributed by atoms with E-state index in [-0.39, 0.29) is 12.0 Å². The maximum absolute atomic E-state index is 7.53. The molecule has 2 aromatic rings. The van der Waals surface area contributed by atoms with Crippen LogP contribution in [0.4, 0.5) is 11.4 Å². The molecule has 1 aliphatic carbocycles. The van der Waals surface area contributed by atoms with Crippen LogP contribution in [-0.4, -0.2) is 19.1 Å². The maximum Gasteiger partial charge on any atom is 0.214 e. The van der Waals surface area contributed by atoms with E-state index in [4.69, 9.17) is 16.0 Å². The molecule has 0 aromatic heterocycles. The third-order valence-corrected chi connectivity index (χ3v) is 6.34. The molecule has 0 bridgehead atoms. The van der Waals surface area contributed by atoms with Crippen molar-refractivity contribution in [2.24, 2.45) is 0 Å². The van der Waals surface area contributed by atoms with Crippen molar-refractivity contribution in [1.29, 1.82) is 0 Å². The Kier molecular flexibility index (Phi) is 4.44. The topological polar surface area (TPSA) is 29.3 Å². The zero-order valence-electron chi connectivity index (χ0n) is 16.7. The van der Waals surface area contributed by atoms with E-state index in [0.717, 1.165) is 55.0 Å². The summed E-state index contributed by atoms with van der Waals surface area (Å²) in [5, 5.41) is 0. The Bertz CT molecular complexity index is 973. The highest BCUT2D eigenvalue weighted by Crippen LogP contribution is 2.55. The number of ether oxygens (including phenoxy) is 2. The van der Waals surface area contributed by atoms with Crippen LogP contribution >= 0.6 is 0 Å². The normalized spacial score (nSPS) is 23.2. The number of fused-ring (bicyclic) bond motifs is 3. The summed E-state index contributed by atoms with van der Waals surface area (Å²) in [6, 6.07) is 16.6. The molecular weight excluding hydrogens is 362 g/mol. The van der Waals surface area contributed by atoms with E-state index in [1.807, 2.05) is 12.1 Å². The van der Waals surface area contributed by atoms with Crippen LogP contribution < -0.4 is 14.5 Å². The average Bonchev–Trinajstić information content (AvgIpc) is 3.21. The Labute approximate surface area is 172 Å². The second kappa shape index (κ2) is 7.13. The predicted molar refractivity (Wildman–Crippen MR) is 113 cm³/mol. The van der Waals surface area contributed by atoms with Gasteiger partial charge in [-0.3, -0.25) is 0 Å². The summed E-state index contributed by atoms with van der Waals surface area (Å²) < 4.78 is 12.3. The Morgan fingerprint density at radius 1 is 1.14 bits per heavy atom. The number of hydrogen-bond acceptors (Lipinski definition) is 4. The molecule has 2 aliphatic heterocycles. The monoisotopic (exact) mass is 387 g/mol. The van der Waals surface area contributed by atoms with Gasteiger partial charge >= 0.3 is 0 Å². The lowest BCUT2D eigenvalue weighted by Gasteiger charge is -2.35. The van der Waals surface area contributed by atoms with Crippen LogP contribution in [0.2, 0.25) is 0 Å². The number of methoxy groups -OCH3 is 1. The molecule has 5 heteroatoms. The fourth-order valence-corrected chi connectivity index (χ4v) is 4.97. The maximum atomic E-state index is 7.53. The molecule has 29 heavy (non-hydrogen) atoms. The minimum absolute atomic E-state index is 0.233. The van der Waals surface area contributed by atoms with Gasteiger partial charge in [0.1, 0.15) is 11.4 Å². The van der Waals surface area contributed by atoms with Crippen molar-refractivity contribution in [3.63, 3.8) is 0 Å². The van der Waals surface area contributed by atoms with E-state index >= 15 is 0 Å². The summed E-state index contributed by atoms with van der Waals surface area (Å²) in [4.78, 5) is 8.20. The number of hydrogen-bond donors (Lipinski definition) is 0. The summed E-state index contributed by atoms with van der Waals surface area (Å²) in [7, 11) is 1.69. The molecule has 2 aromatic carbocycles. The van der Waals surface area contributed by atoms with Gasteiger partial charge < -0.3 is 19.3 Å². The van der Waals surface area contributed by atoms with Gasteiger partial charge in [-0.15, -0.1) is 0 Å². The van der Waals surface area contributed by atoms with E-state index in [2.05, 4.69) is 51.0 Å². The molecule has 0 amide bonds. The summed E-state index contributed by atoms with van der Waals surface area (Å²) >= 11 is 0. The molecule has 2 fully saturated rings. The largest absolute Gasteiger partial charge is 0.497 e. The molecule has 0 N–H and O–H groups in total. The molecule has 1 saturated carbocycles. The highest BCUT2D eigenvalue weighted by Gasteiger charge is 2.55. The lowest BCUT2D eigenvalue weighted by molar-refractivity contribution is -0.0482. The molecule has 1 atom stereocenters. The lowest BCUT2D eigenvalue weighted by Crippen LogP contribution is -2.40. The number of benzene rings is 2. The van der Waals surface area contributed by atoms with Crippen molar-refractivity contribution in [1.82, 2.24) is 0 Å². The molecular formula is C24H25N3O2. The van der Waals surface area contributed by atoms with Crippen molar-refractivity contribution in [2.45, 2.75) is 50.6 Å². The van der Waals surface area contributed by atoms with Crippen molar-refractivity contribution >= 4 is 11.4 Å². The Hall–Kier alpha value is -2.97. The van der Waals surface area contributed by atoms with Crippen LogP contribution in [0.5, 0.6) is 5.75 Å². The highest BCUT2D eigenvalue weighted by atomic mass is 16.6. The molecule has 0 radical (unpaired) electrons. The van der Waals surface area contributed by atoms with Crippen LogP contribution in [-0.2, 0) is 11.3 Å². The van der Waals surface area contributed by atoms with Crippen molar-refractivity contribution in [3.05, 3.63) is 77.4 Å². The molecule has 148 valence electrons. The summed E-state index contributed by atoms with van der Waals surface area (Å²) in [5.74, 6) is 0.825. The molecule has 1 unspecified atom stereocenters. The first-order valence-electron chi connectivity index (χ1n) is 10.3. The Morgan fingerprint density at radius 2 is 1.93 bits per heavy atom. The van der Waals surface area contributed by atoms with Gasteiger partial charge in [0.2, 0.25) is 6.35 Å². The number of nitrogens with zero attached hydrogens (tertiary/aromatic N) is 3. The van der Waals surface area contributed by atoms with E-state index < -0.39 is 0 Å². The number of rotatable bonds is 3. The van der Waals surface area contributed by atoms with Crippen molar-refractivity contribution in [2.75, 3.05) is 16.9 Å². The van der Waals surface area contributed by atoms with Crippen LogP contribution in [0.15, 0.2) is 60.4 Å². The van der Waals surface area contributed by atoms with Gasteiger partial charge in [0, 0.05) is 12.6 Å². The van der Waals surface area contributed by atoms with Gasteiger partial charge in [-0.25, -0.2) is 4.85 Å². The van der Waals surface area contributed by atoms with E-state index in [1.54, 1.807) is 13.3 Å². The third kappa shape index (κ3) is 2.87. The standard InChI is InChI=1S/C24H25N3O2/c1-25-16-22-24(13-7-4-8-14-24)29-23-26(17-18-9-5-3-6-10-18)21-15-19(28-2)11-12-20(21)27(22)23/h3,5-6,9-12,15-16,23H,4,7-8,13-14,17H2,2H3/b22-16-. The van der Waals surface area contributed by atoms with Crippen LogP contribution in [0.1, 0.15) is 37.7 Å². The van der Waals surface area contributed by atoms with Gasteiger partial charge in [0.15, 0.2) is 6.20 Å². The van der Waals surface area contributed by atoms with E-state index in [0.29, 0.717) is 0 Å². The second-order valence-electron chi connectivity index (χ2n) is 7.98. The minimum atomic E-state index is -0.347. The highest BCUT2D eigenvalue weighted by molar-refractivity contribution is 5.82. The van der Waals surface area contributed by atoms with Crippen molar-refractivity contribution < 1.29 is 9.47 Å². The Morgan fingerprint density at radius 3 is 2.66 bits per heavy atom. The first-order chi connectivity index (χ1) is 14.3. The van der Waals surface area contributed by atoms with Gasteiger partial charge in [0.05, 0.1) is 30.8 Å². The van der Waals surface area contributed by atoms with E-state index in [1.165, 1.54) is 12.0 Å². The van der Waals surface area contributed by atoms with Gasteiger partial charge in [0.25, 0.3) is 0 Å². The first kappa shape index (κ1) is 18.1. The van der Waals surface area contributed by atoms with Gasteiger partial charge in [-0.05, 0) is 30.5 Å². The second-order valence-corrected chi connectivity index (χ2v) is 7.98. The molecule has 5 nitrogen and oxygen atoms in total. The van der Waals surface area contributed by atoms with Crippen LogP contribution in [0.3, 0.4) is 0 Å². The fraction of sp³-hybridized carbons (Fsp3) is 0.375. The van der Waals surface area contributed by atoms with Crippen LogP contribution in [0.25, 0.3) is 4.85 Å². The summed E-state index contributed by atoms with van der Waals surface area (Å²) in [6.45, 7) is 8.27. The minimum Gasteiger partial charge on any atom is -0.497 e. The predicted octanol–water partition coefficient (Wildman–Crippen LogP) is 5.30. The first-order valence-corrected chi connectivity index (χ1v) is 10.3. The van der Waals surface area contributed by atoms with Crippen LogP contribution in [0, 0.1) is 6.57 Å². The molecule has 1 saturated heterocycles. The molecule has 5 rings (SSSR count). The van der Waals surface area contributed by atoms with Crippen molar-refractivity contribution in [3.8, 4) is 5.75 Å². The lowest BCUT2D eigenvalue weighted by atomic mass is 9.82.